The Morgan fingerprint density at radius 2 is 1.85 bits per heavy atom. The maximum atomic E-state index is 5.25. The van der Waals surface area contributed by atoms with E-state index in [9.17, 15) is 0 Å². The van der Waals surface area contributed by atoms with Crippen molar-refractivity contribution in [2.75, 3.05) is 33.5 Å². The third kappa shape index (κ3) is 9.14. The van der Waals surface area contributed by atoms with Crippen LogP contribution < -0.4 is 21.9 Å². The third-order valence-electron chi connectivity index (χ3n) is 1.35. The molecule has 0 spiro atoms. The molecule has 82 valence electrons. The Kier molecular flexibility index (Phi) is 7.62. The van der Waals surface area contributed by atoms with Gasteiger partial charge in [0.25, 0.3) is 0 Å². The molecule has 0 heterocycles. The molecule has 0 saturated carbocycles. The molecule has 0 amide bonds. The first-order chi connectivity index (χ1) is 5.99. The second-order valence-electron chi connectivity index (χ2n) is 4.12. The first kappa shape index (κ1) is 13.8. The Bertz CT molecular complexity index is 130. The van der Waals surface area contributed by atoms with Crippen molar-refractivity contribution in [3.63, 3.8) is 0 Å². The van der Waals surface area contributed by atoms with Crippen LogP contribution in [0.4, 0.5) is 0 Å². The van der Waals surface area contributed by atoms with Crippen molar-refractivity contribution < 1.29 is 29.7 Å². The fourth-order valence-corrected chi connectivity index (χ4v) is 6.62. The molecule has 0 bridgehead atoms. The van der Waals surface area contributed by atoms with Gasteiger partial charge in [0, 0.05) is 0 Å². The molecule has 0 saturated heterocycles. The van der Waals surface area contributed by atoms with E-state index in [-0.39, 0.29) is 21.9 Å². The van der Waals surface area contributed by atoms with Crippen LogP contribution in [0.25, 0.3) is 0 Å². The zero-order valence-electron chi connectivity index (χ0n) is 9.26. The van der Waals surface area contributed by atoms with Crippen molar-refractivity contribution in [1.29, 1.82) is 0 Å². The van der Waals surface area contributed by atoms with Crippen LogP contribution in [0.15, 0.2) is 0 Å². The topological polar surface area (TPSA) is 21.7 Å². The van der Waals surface area contributed by atoms with Crippen molar-refractivity contribution in [2.45, 2.75) is 19.6 Å². The van der Waals surface area contributed by atoms with Gasteiger partial charge in [-0.25, -0.2) is 0 Å². The SMILES string of the molecule is COCCN(C[Si](C)(C)C)[I-]OC. The van der Waals surface area contributed by atoms with E-state index < -0.39 is 8.07 Å². The summed E-state index contributed by atoms with van der Waals surface area (Å²) in [6.45, 7) is 8.97. The molecule has 0 N–H and O–H groups in total. The quantitative estimate of drug-likeness (QED) is 0.320. The molecule has 0 aromatic heterocycles. The monoisotopic (exact) mass is 318 g/mol. The average molecular weight is 318 g/mol. The molecule has 0 aliphatic carbocycles. The van der Waals surface area contributed by atoms with Crippen molar-refractivity contribution in [3.05, 3.63) is 0 Å². The fourth-order valence-electron chi connectivity index (χ4n) is 0.941. The summed E-state index contributed by atoms with van der Waals surface area (Å²) in [6, 6.07) is 0. The Morgan fingerprint density at radius 3 is 2.23 bits per heavy atom. The van der Waals surface area contributed by atoms with Crippen LogP contribution >= 0.6 is 0 Å². The summed E-state index contributed by atoms with van der Waals surface area (Å²) in [5.74, 6) is 0. The van der Waals surface area contributed by atoms with Gasteiger partial charge in [-0.1, -0.05) is 0 Å². The summed E-state index contributed by atoms with van der Waals surface area (Å²) in [5, 5.41) is 0. The average Bonchev–Trinajstić information content (AvgIpc) is 1.98. The first-order valence-corrected chi connectivity index (χ1v) is 9.97. The van der Waals surface area contributed by atoms with Crippen LogP contribution in [0.2, 0.25) is 19.6 Å². The van der Waals surface area contributed by atoms with E-state index >= 15 is 0 Å². The number of ether oxygens (including phenoxy) is 1. The predicted octanol–water partition coefficient (Wildman–Crippen LogP) is -1.62. The number of methoxy groups -OCH3 is 1. The molecule has 0 rings (SSSR count). The summed E-state index contributed by atoms with van der Waals surface area (Å²) in [6.07, 6.45) is 1.22. The number of nitrogens with zero attached hydrogens (tertiary/aromatic N) is 1. The second kappa shape index (κ2) is 7.16. The summed E-state index contributed by atoms with van der Waals surface area (Å²) >= 11 is -0.228. The molecule has 0 atom stereocenters. The van der Waals surface area contributed by atoms with Crippen LogP contribution in [-0.2, 0) is 7.80 Å². The summed E-state index contributed by atoms with van der Waals surface area (Å²) in [4.78, 5) is 0. The van der Waals surface area contributed by atoms with E-state index in [0.29, 0.717) is 0 Å². The summed E-state index contributed by atoms with van der Waals surface area (Å²) in [7, 11) is 2.55. The molecular weight excluding hydrogens is 297 g/mol. The number of hydrogen-bond donors (Lipinski definition) is 0. The first-order valence-electron chi connectivity index (χ1n) is 4.41. The van der Waals surface area contributed by atoms with Gasteiger partial charge < -0.3 is 0 Å². The van der Waals surface area contributed by atoms with E-state index in [1.807, 2.05) is 0 Å². The van der Waals surface area contributed by atoms with Crippen molar-refractivity contribution in [2.24, 2.45) is 0 Å². The van der Waals surface area contributed by atoms with Crippen LogP contribution in [0.1, 0.15) is 0 Å². The van der Waals surface area contributed by atoms with Crippen LogP contribution in [-0.4, -0.2) is 44.7 Å². The number of hydrogen-bond acceptors (Lipinski definition) is 3. The molecule has 0 aromatic carbocycles. The fraction of sp³-hybridized carbons (Fsp3) is 1.00. The zero-order chi connectivity index (χ0) is 10.3. The molecule has 5 heteroatoms. The van der Waals surface area contributed by atoms with E-state index in [2.05, 4.69) is 22.8 Å². The summed E-state index contributed by atoms with van der Waals surface area (Å²) < 4.78 is 12.7. The minimum absolute atomic E-state index is 0.228. The molecule has 0 radical (unpaired) electrons. The molecule has 0 unspecified atom stereocenters. The Hall–Kier alpha value is 0.827. The molecule has 0 aliphatic heterocycles. The minimum atomic E-state index is -0.990. The van der Waals surface area contributed by atoms with E-state index in [0.717, 1.165) is 13.2 Å². The molecule has 0 aromatic rings. The Labute approximate surface area is 94.0 Å². The zero-order valence-corrected chi connectivity index (χ0v) is 12.4. The standard InChI is InChI=1S/C8H21INO2Si/c1-11-7-6-10(9-12-2)8-13(3,4)5/h6-8H2,1-5H3/q-1. The maximum absolute atomic E-state index is 5.25. The van der Waals surface area contributed by atoms with Gasteiger partial charge in [0.05, 0.1) is 0 Å². The van der Waals surface area contributed by atoms with Gasteiger partial charge in [-0.05, 0) is 0 Å². The molecule has 3 nitrogen and oxygen atoms in total. The molecule has 0 aliphatic rings. The molecular formula is C8H21INO2Si-. The van der Waals surface area contributed by atoms with Gasteiger partial charge >= 0.3 is 94.1 Å². The van der Waals surface area contributed by atoms with Gasteiger partial charge in [0.2, 0.25) is 0 Å². The van der Waals surface area contributed by atoms with Gasteiger partial charge in [0.15, 0.2) is 0 Å². The van der Waals surface area contributed by atoms with Crippen molar-refractivity contribution >= 4 is 8.07 Å². The van der Waals surface area contributed by atoms with Crippen LogP contribution in [0.5, 0.6) is 0 Å². The molecule has 13 heavy (non-hydrogen) atoms. The third-order valence-corrected chi connectivity index (χ3v) is 5.10. The van der Waals surface area contributed by atoms with Gasteiger partial charge in [0.1, 0.15) is 0 Å². The van der Waals surface area contributed by atoms with E-state index in [1.54, 1.807) is 14.2 Å². The van der Waals surface area contributed by atoms with Crippen molar-refractivity contribution in [3.8, 4) is 0 Å². The van der Waals surface area contributed by atoms with Crippen LogP contribution in [0, 0.1) is 0 Å². The summed E-state index contributed by atoms with van der Waals surface area (Å²) in [5.41, 5.74) is 0. The van der Waals surface area contributed by atoms with Gasteiger partial charge in [-0.3, -0.25) is 0 Å². The number of rotatable bonds is 7. The Balaban J connectivity index is 3.79. The second-order valence-corrected chi connectivity index (χ2v) is 12.2. The normalized spacial score (nSPS) is 12.8. The predicted molar refractivity (Wildman–Crippen MR) is 53.8 cm³/mol. The van der Waals surface area contributed by atoms with Gasteiger partial charge in [-0.2, -0.15) is 0 Å². The van der Waals surface area contributed by atoms with Gasteiger partial charge in [-0.15, -0.1) is 0 Å². The molecule has 0 fully saturated rings. The Morgan fingerprint density at radius 1 is 1.23 bits per heavy atom. The van der Waals surface area contributed by atoms with Crippen molar-refractivity contribution in [1.82, 2.24) is 3.11 Å². The number of halogens is 1. The van der Waals surface area contributed by atoms with E-state index in [4.69, 9.17) is 7.80 Å². The van der Waals surface area contributed by atoms with Crippen LogP contribution in [0.3, 0.4) is 0 Å². The van der Waals surface area contributed by atoms with E-state index in [1.165, 1.54) is 6.17 Å².